The van der Waals surface area contributed by atoms with E-state index < -0.39 is 11.2 Å². The molecular formula is C65H79N9O6S4. The summed E-state index contributed by atoms with van der Waals surface area (Å²) < 4.78 is 13.3. The monoisotopic (exact) mass is 1210 g/mol. The van der Waals surface area contributed by atoms with Crippen LogP contribution in [0.5, 0.6) is 0 Å². The molecule has 0 spiro atoms. The molecule has 19 heteroatoms. The highest BCUT2D eigenvalue weighted by atomic mass is 32.1. The number of carbonyl (C=O) groups is 4. The topological polar surface area (TPSA) is 172 Å². The molecule has 0 bridgehead atoms. The molecule has 10 rings (SSSR count). The minimum atomic E-state index is -0.547. The zero-order valence-corrected chi connectivity index (χ0v) is 53.3. The molecule has 8 heterocycles. The highest BCUT2D eigenvalue weighted by Crippen LogP contribution is 2.46. The van der Waals surface area contributed by atoms with Gasteiger partial charge < -0.3 is 29.9 Å². The first-order chi connectivity index (χ1) is 40.2. The molecule has 2 atom stereocenters. The zero-order valence-electron chi connectivity index (χ0n) is 50.1. The van der Waals surface area contributed by atoms with Crippen LogP contribution in [0, 0.1) is 0 Å². The van der Waals surface area contributed by atoms with Crippen molar-refractivity contribution in [1.82, 2.24) is 40.0 Å². The van der Waals surface area contributed by atoms with Crippen LogP contribution in [0.4, 0.5) is 14.6 Å². The first-order valence-corrected chi connectivity index (χ1v) is 32.1. The molecule has 0 unspecified atom stereocenters. The molecule has 2 aliphatic heterocycles. The number of fused-ring (bicyclic) bond motifs is 4. The van der Waals surface area contributed by atoms with Crippen molar-refractivity contribution in [1.29, 1.82) is 0 Å². The first kappa shape index (κ1) is 63.3. The lowest BCUT2D eigenvalue weighted by molar-refractivity contribution is -0.119. The Labute approximate surface area is 510 Å². The number of Topliss-reactive ketones (excluding diaryl/α,β-unsaturated/α-hetero) is 1. The van der Waals surface area contributed by atoms with Crippen LogP contribution in [0.2, 0.25) is 0 Å². The van der Waals surface area contributed by atoms with E-state index in [0.717, 1.165) is 92.8 Å². The number of thiophene rings is 2. The lowest BCUT2D eigenvalue weighted by Crippen LogP contribution is -2.39. The van der Waals surface area contributed by atoms with E-state index in [4.69, 9.17) is 19.4 Å². The quantitative estimate of drug-likeness (QED) is 0.0828. The van der Waals surface area contributed by atoms with Crippen molar-refractivity contribution in [3.05, 3.63) is 147 Å². The second-order valence-corrected chi connectivity index (χ2v) is 27.4. The van der Waals surface area contributed by atoms with E-state index >= 15 is 0 Å². The summed E-state index contributed by atoms with van der Waals surface area (Å²) in [7, 11) is 0. The number of aromatic nitrogens is 4. The molecule has 0 saturated heterocycles. The van der Waals surface area contributed by atoms with E-state index in [0.29, 0.717) is 63.9 Å². The van der Waals surface area contributed by atoms with Crippen molar-refractivity contribution >= 4 is 94.7 Å². The Bertz CT molecular complexity index is 3460. The fraction of sp³-hybridized carbons (Fsp3) is 0.415. The second-order valence-electron chi connectivity index (χ2n) is 23.1. The third-order valence-corrected chi connectivity index (χ3v) is 18.8. The summed E-state index contributed by atoms with van der Waals surface area (Å²) in [5.74, 6) is -0.0513. The Morgan fingerprint density at radius 3 is 1.74 bits per heavy atom. The number of benzene rings is 2. The lowest BCUT2D eigenvalue weighted by atomic mass is 10.00. The molecule has 8 aromatic rings. The van der Waals surface area contributed by atoms with Crippen LogP contribution < -0.4 is 10.6 Å². The molecule has 6 aromatic heterocycles. The van der Waals surface area contributed by atoms with Gasteiger partial charge in [-0.25, -0.2) is 19.6 Å². The van der Waals surface area contributed by atoms with Gasteiger partial charge >= 0.3 is 12.2 Å². The van der Waals surface area contributed by atoms with Crippen molar-refractivity contribution in [2.45, 2.75) is 157 Å². The van der Waals surface area contributed by atoms with E-state index in [1.54, 1.807) is 68.6 Å². The van der Waals surface area contributed by atoms with Crippen LogP contribution in [0.1, 0.15) is 125 Å². The van der Waals surface area contributed by atoms with Crippen LogP contribution >= 0.6 is 45.3 Å². The minimum Gasteiger partial charge on any atom is -0.444 e. The number of hydrogen-bond donors (Lipinski definition) is 2. The van der Waals surface area contributed by atoms with Crippen molar-refractivity contribution in [2.24, 2.45) is 0 Å². The van der Waals surface area contributed by atoms with Crippen LogP contribution in [-0.2, 0) is 64.5 Å². The van der Waals surface area contributed by atoms with Gasteiger partial charge in [0.2, 0.25) is 5.91 Å². The molecule has 2 aromatic carbocycles. The average Bonchev–Trinajstić information content (AvgIpc) is 4.28. The fourth-order valence-electron chi connectivity index (χ4n) is 9.55. The van der Waals surface area contributed by atoms with Crippen LogP contribution in [0.15, 0.2) is 110 Å². The molecule has 444 valence electrons. The van der Waals surface area contributed by atoms with Crippen LogP contribution in [0.3, 0.4) is 0 Å². The minimum absolute atomic E-state index is 0.225. The summed E-state index contributed by atoms with van der Waals surface area (Å²) in [5.41, 5.74) is 7.55. The van der Waals surface area contributed by atoms with Gasteiger partial charge in [-0.2, -0.15) is 0 Å². The smallest absolute Gasteiger partial charge is 0.410 e. The maximum absolute atomic E-state index is 13.5. The Morgan fingerprint density at radius 2 is 1.23 bits per heavy atom. The molecule has 15 nitrogen and oxygen atoms in total. The molecule has 2 N–H and O–H groups in total. The first-order valence-electron chi connectivity index (χ1n) is 28.8. The van der Waals surface area contributed by atoms with Crippen molar-refractivity contribution in [3.63, 3.8) is 0 Å². The summed E-state index contributed by atoms with van der Waals surface area (Å²) in [5, 5.41) is 8.85. The number of rotatable bonds is 17. The van der Waals surface area contributed by atoms with Crippen molar-refractivity contribution in [3.8, 4) is 21.1 Å². The molecule has 0 aliphatic carbocycles. The predicted octanol–water partition coefficient (Wildman–Crippen LogP) is 14.9. The summed E-state index contributed by atoms with van der Waals surface area (Å²) in [4.78, 5) is 78.1. The molecule has 0 saturated carbocycles. The maximum Gasteiger partial charge on any atom is 0.410 e. The number of amides is 3. The number of nitrogens with one attached hydrogen (secondary N) is 2. The Hall–Kier alpha value is -6.74. The van der Waals surface area contributed by atoms with Gasteiger partial charge in [0.25, 0.3) is 0 Å². The van der Waals surface area contributed by atoms with Gasteiger partial charge in [-0.3, -0.25) is 24.5 Å². The largest absolute Gasteiger partial charge is 0.444 e. The van der Waals surface area contributed by atoms with Crippen LogP contribution in [-0.4, -0.2) is 101 Å². The summed E-state index contributed by atoms with van der Waals surface area (Å²) in [6.45, 7) is 28.2. The second kappa shape index (κ2) is 28.9. The molecule has 0 radical (unpaired) electrons. The number of nitrogens with zero attached hydrogens (tertiary/aromatic N) is 7. The molecule has 84 heavy (non-hydrogen) atoms. The van der Waals surface area contributed by atoms with Crippen molar-refractivity contribution in [2.75, 3.05) is 25.0 Å². The predicted molar refractivity (Wildman–Crippen MR) is 344 cm³/mol. The van der Waals surface area contributed by atoms with E-state index in [2.05, 4.69) is 108 Å². The number of anilines is 1. The van der Waals surface area contributed by atoms with Gasteiger partial charge in [-0.1, -0.05) is 81.1 Å². The maximum atomic E-state index is 13.5. The van der Waals surface area contributed by atoms with Gasteiger partial charge in [-0.05, 0) is 122 Å². The highest BCUT2D eigenvalue weighted by Gasteiger charge is 2.34. The average molecular weight is 1210 g/mol. The third kappa shape index (κ3) is 17.2. The van der Waals surface area contributed by atoms with Crippen molar-refractivity contribution < 1.29 is 28.7 Å². The molecule has 3 amide bonds. The van der Waals surface area contributed by atoms with E-state index in [-0.39, 0.29) is 23.9 Å². The standard InChI is InChI=1S/C33H40N4O3S2.C21H22N4O3S2.C11H17N/c1-6-22(2)36(20-23-10-8-7-9-11-23)16-13-24(38)18-28-30(31-35-26-19-34-15-12-27(26)42-31)25-14-17-37(21-29(25)41-28)32(39)40-33(3,4)5;1-5-16(26)24-19-17(18-23-13-10-22-8-6-14(13)29-18)12-7-9-25(11-15(12)30-19)20(27)28-21(2,3)4;1-3-10(2)12-9-11-7-5-4-6-8-11/h7-12,15,19,22H,6,13-14,16-18,20-21H2,1-5H3;5-6,8,10H,1,7,9,11H2,2-4H3,(H,24,26);4-8,10,12H,3,9H2,1-2H3/t22-;;10-/m0.0/s1. The van der Waals surface area contributed by atoms with Gasteiger partial charge in [0.1, 0.15) is 43.0 Å². The number of thiazole rings is 2. The Kier molecular flexibility index (Phi) is 21.8. The van der Waals surface area contributed by atoms with E-state index in [1.807, 2.05) is 65.8 Å². The summed E-state index contributed by atoms with van der Waals surface area (Å²) in [6, 6.07) is 25.9. The Morgan fingerprint density at radius 1 is 0.702 bits per heavy atom. The molecule has 0 fully saturated rings. The highest BCUT2D eigenvalue weighted by molar-refractivity contribution is 7.23. The Balaban J connectivity index is 0.000000189. The third-order valence-electron chi connectivity index (χ3n) is 14.3. The van der Waals surface area contributed by atoms with Gasteiger partial charge in [0.15, 0.2) is 0 Å². The van der Waals surface area contributed by atoms with E-state index in [1.165, 1.54) is 40.5 Å². The molecule has 2 aliphatic rings. The van der Waals surface area contributed by atoms with Crippen LogP contribution in [0.25, 0.3) is 41.6 Å². The van der Waals surface area contributed by atoms with Gasteiger partial charge in [0.05, 0.1) is 34.9 Å². The fourth-order valence-corrected chi connectivity index (χ4v) is 14.4. The summed E-state index contributed by atoms with van der Waals surface area (Å²) >= 11 is 6.33. The number of ketones is 1. The zero-order chi connectivity index (χ0) is 60.1. The summed E-state index contributed by atoms with van der Waals surface area (Å²) in [6.07, 6.45) is 12.1. The SMILES string of the molecule is C=CC(=O)Nc1sc2c(c1-c1nc3cnccc3s1)CCN(C(=O)OC(C)(C)C)C2.CC[C@H](C)N(CCC(=O)Cc1sc2c(c1-c1nc3cnccc3s1)CCN(C(=O)OC(C)(C)C)C2)Cc1ccccc1.CC[C@H](C)NCc1ccccc1. The van der Waals surface area contributed by atoms with Gasteiger partial charge in [0, 0.05) is 95.8 Å². The number of carbonyl (C=O) groups excluding carboxylic acids is 4. The normalized spacial score (nSPS) is 13.9. The van der Waals surface area contributed by atoms with Gasteiger partial charge in [-0.15, -0.1) is 45.3 Å². The van der Waals surface area contributed by atoms with E-state index in [9.17, 15) is 19.2 Å². The number of hydrogen-bond acceptors (Lipinski definition) is 16. The lowest BCUT2D eigenvalue weighted by Gasteiger charge is -2.30. The number of ether oxygens (including phenoxy) is 2. The number of pyridine rings is 2. The molecular weight excluding hydrogens is 1130 g/mol.